The molecule has 1 aromatic heterocycles. The maximum absolute atomic E-state index is 13.4. The minimum atomic E-state index is -0.720. The molecule has 0 radical (unpaired) electrons. The van der Waals surface area contributed by atoms with Crippen molar-refractivity contribution in [1.29, 1.82) is 0 Å². The molecule has 0 bridgehead atoms. The number of pyridine rings is 1. The fourth-order valence-corrected chi connectivity index (χ4v) is 4.35. The van der Waals surface area contributed by atoms with Gasteiger partial charge in [0, 0.05) is 30.7 Å². The summed E-state index contributed by atoms with van der Waals surface area (Å²) in [5.41, 5.74) is 3.99. The summed E-state index contributed by atoms with van der Waals surface area (Å²) in [6, 6.07) is 6.06. The van der Waals surface area contributed by atoms with Crippen molar-refractivity contribution in [3.8, 4) is 0 Å². The first kappa shape index (κ1) is 19.8. The van der Waals surface area contributed by atoms with Crippen molar-refractivity contribution in [1.82, 2.24) is 14.8 Å². The molecule has 1 aromatic carbocycles. The quantitative estimate of drug-likeness (QED) is 0.903. The molecule has 5 heteroatoms. The molecule has 5 nitrogen and oxygen atoms in total. The maximum Gasteiger partial charge on any atom is 0.254 e. The van der Waals surface area contributed by atoms with E-state index >= 15 is 0 Å². The number of hydrogen-bond acceptors (Lipinski definition) is 4. The lowest BCUT2D eigenvalue weighted by Crippen LogP contribution is -2.41. The van der Waals surface area contributed by atoms with Crippen LogP contribution in [0.25, 0.3) is 10.9 Å². The Labute approximate surface area is 162 Å². The van der Waals surface area contributed by atoms with Crippen LogP contribution in [-0.4, -0.2) is 65.1 Å². The van der Waals surface area contributed by atoms with E-state index in [0.29, 0.717) is 26.1 Å². The predicted molar refractivity (Wildman–Crippen MR) is 109 cm³/mol. The Hall–Kier alpha value is -1.98. The Morgan fingerprint density at radius 3 is 2.63 bits per heavy atom. The Morgan fingerprint density at radius 1 is 1.19 bits per heavy atom. The van der Waals surface area contributed by atoms with Crippen molar-refractivity contribution < 1.29 is 9.90 Å². The van der Waals surface area contributed by atoms with Crippen LogP contribution >= 0.6 is 0 Å². The van der Waals surface area contributed by atoms with Gasteiger partial charge in [0.2, 0.25) is 0 Å². The number of amides is 1. The molecule has 3 rings (SSSR count). The van der Waals surface area contributed by atoms with E-state index in [1.54, 1.807) is 0 Å². The van der Waals surface area contributed by atoms with Crippen LogP contribution in [0.5, 0.6) is 0 Å². The van der Waals surface area contributed by atoms with Crippen LogP contribution in [0.2, 0.25) is 0 Å². The van der Waals surface area contributed by atoms with Crippen LogP contribution in [0.1, 0.15) is 46.4 Å². The summed E-state index contributed by atoms with van der Waals surface area (Å²) >= 11 is 0. The average Bonchev–Trinajstić information content (AvgIpc) is 2.73. The zero-order valence-corrected chi connectivity index (χ0v) is 17.2. The van der Waals surface area contributed by atoms with Gasteiger partial charge in [0.1, 0.15) is 0 Å². The zero-order chi connectivity index (χ0) is 19.8. The van der Waals surface area contributed by atoms with E-state index in [0.717, 1.165) is 46.1 Å². The molecular weight excluding hydrogens is 338 g/mol. The van der Waals surface area contributed by atoms with Crippen molar-refractivity contribution in [2.45, 2.75) is 45.6 Å². The molecule has 0 aliphatic carbocycles. The van der Waals surface area contributed by atoms with Gasteiger partial charge in [0.25, 0.3) is 5.91 Å². The highest BCUT2D eigenvalue weighted by Crippen LogP contribution is 2.28. The summed E-state index contributed by atoms with van der Waals surface area (Å²) in [5.74, 6) is 0.0477. The number of carbonyl (C=O) groups is 1. The van der Waals surface area contributed by atoms with E-state index in [4.69, 9.17) is 0 Å². The van der Waals surface area contributed by atoms with E-state index in [2.05, 4.69) is 18.0 Å². The molecule has 2 heterocycles. The van der Waals surface area contributed by atoms with Crippen molar-refractivity contribution >= 4 is 16.8 Å². The SMILES string of the molecule is Cc1cc(C)c2c(C(=O)N3CCCC(O)(CN(C)C)CC3)cc(C)nc2c1. The zero-order valence-electron chi connectivity index (χ0n) is 17.2. The number of aromatic nitrogens is 1. The third kappa shape index (κ3) is 4.30. The number of aryl methyl sites for hydroxylation is 3. The fourth-order valence-electron chi connectivity index (χ4n) is 4.35. The number of likely N-dealkylation sites (tertiary alicyclic amines) is 1. The molecule has 146 valence electrons. The van der Waals surface area contributed by atoms with Gasteiger partial charge < -0.3 is 14.9 Å². The predicted octanol–water partition coefficient (Wildman–Crippen LogP) is 3.08. The van der Waals surface area contributed by atoms with E-state index in [-0.39, 0.29) is 5.91 Å². The first-order chi connectivity index (χ1) is 12.7. The standard InChI is InChI=1S/C22H31N3O2/c1-15-11-16(2)20-18(13-17(3)23-19(20)12-15)21(26)25-9-6-7-22(27,8-10-25)14-24(4)5/h11-13,27H,6-10,14H2,1-5H3. The molecule has 27 heavy (non-hydrogen) atoms. The molecule has 2 aromatic rings. The fraction of sp³-hybridized carbons (Fsp3) is 0.545. The van der Waals surface area contributed by atoms with Crippen LogP contribution < -0.4 is 0 Å². The van der Waals surface area contributed by atoms with E-state index < -0.39 is 5.60 Å². The second-order valence-electron chi connectivity index (χ2n) is 8.40. The van der Waals surface area contributed by atoms with Gasteiger partial charge in [-0.2, -0.15) is 0 Å². The van der Waals surface area contributed by atoms with Gasteiger partial charge in [-0.3, -0.25) is 9.78 Å². The maximum atomic E-state index is 13.4. The molecule has 1 aliphatic rings. The third-order valence-electron chi connectivity index (χ3n) is 5.42. The van der Waals surface area contributed by atoms with Gasteiger partial charge in [0.15, 0.2) is 0 Å². The molecule has 0 spiro atoms. The van der Waals surface area contributed by atoms with Gasteiger partial charge >= 0.3 is 0 Å². The van der Waals surface area contributed by atoms with Crippen LogP contribution in [0.3, 0.4) is 0 Å². The number of rotatable bonds is 3. The lowest BCUT2D eigenvalue weighted by atomic mass is 9.94. The van der Waals surface area contributed by atoms with Gasteiger partial charge in [-0.1, -0.05) is 6.07 Å². The monoisotopic (exact) mass is 369 g/mol. The molecular formula is C22H31N3O2. The van der Waals surface area contributed by atoms with Crippen LogP contribution in [0.4, 0.5) is 0 Å². The van der Waals surface area contributed by atoms with Crippen molar-refractivity contribution in [3.05, 3.63) is 40.6 Å². The third-order valence-corrected chi connectivity index (χ3v) is 5.42. The first-order valence-electron chi connectivity index (χ1n) is 9.73. The van der Waals surface area contributed by atoms with Crippen LogP contribution in [-0.2, 0) is 0 Å². The summed E-state index contributed by atoms with van der Waals surface area (Å²) < 4.78 is 0. The Bertz CT molecular complexity index is 857. The summed E-state index contributed by atoms with van der Waals surface area (Å²) in [7, 11) is 3.95. The number of hydrogen-bond donors (Lipinski definition) is 1. The lowest BCUT2D eigenvalue weighted by Gasteiger charge is -2.30. The van der Waals surface area contributed by atoms with Crippen molar-refractivity contribution in [3.63, 3.8) is 0 Å². The summed E-state index contributed by atoms with van der Waals surface area (Å²) in [6.45, 7) is 7.93. The van der Waals surface area contributed by atoms with E-state index in [1.165, 1.54) is 0 Å². The lowest BCUT2D eigenvalue weighted by molar-refractivity contribution is 0.00305. The number of benzene rings is 1. The normalized spacial score (nSPS) is 20.9. The van der Waals surface area contributed by atoms with Crippen LogP contribution in [0, 0.1) is 20.8 Å². The molecule has 1 N–H and O–H groups in total. The Kier molecular flexibility index (Phi) is 5.54. The molecule has 1 aliphatic heterocycles. The highest BCUT2D eigenvalue weighted by Gasteiger charge is 2.32. The summed E-state index contributed by atoms with van der Waals surface area (Å²) in [4.78, 5) is 22.0. The number of likely N-dealkylation sites (N-methyl/N-ethyl adjacent to an activating group) is 1. The molecule has 1 saturated heterocycles. The van der Waals surface area contributed by atoms with E-state index in [1.807, 2.05) is 49.9 Å². The van der Waals surface area contributed by atoms with Crippen molar-refractivity contribution in [2.24, 2.45) is 0 Å². The summed E-state index contributed by atoms with van der Waals surface area (Å²) in [5, 5.41) is 11.8. The van der Waals surface area contributed by atoms with Crippen molar-refractivity contribution in [2.75, 3.05) is 33.7 Å². The number of fused-ring (bicyclic) bond motifs is 1. The topological polar surface area (TPSA) is 56.7 Å². The molecule has 1 amide bonds. The van der Waals surface area contributed by atoms with Gasteiger partial charge in [0.05, 0.1) is 16.7 Å². The van der Waals surface area contributed by atoms with Gasteiger partial charge in [-0.25, -0.2) is 0 Å². The molecule has 0 saturated carbocycles. The summed E-state index contributed by atoms with van der Waals surface area (Å²) in [6.07, 6.45) is 2.15. The number of aliphatic hydroxyl groups is 1. The minimum absolute atomic E-state index is 0.0477. The minimum Gasteiger partial charge on any atom is -0.388 e. The van der Waals surface area contributed by atoms with Crippen LogP contribution in [0.15, 0.2) is 18.2 Å². The van der Waals surface area contributed by atoms with Gasteiger partial charge in [-0.05, 0) is 77.4 Å². The second kappa shape index (κ2) is 7.56. The van der Waals surface area contributed by atoms with E-state index in [9.17, 15) is 9.90 Å². The van der Waals surface area contributed by atoms with Gasteiger partial charge in [-0.15, -0.1) is 0 Å². The largest absolute Gasteiger partial charge is 0.388 e. The molecule has 1 atom stereocenters. The molecule has 1 unspecified atom stereocenters. The Morgan fingerprint density at radius 2 is 1.93 bits per heavy atom. The Balaban J connectivity index is 1.92. The highest BCUT2D eigenvalue weighted by molar-refractivity contribution is 6.07. The smallest absolute Gasteiger partial charge is 0.254 e. The average molecular weight is 370 g/mol. The first-order valence-corrected chi connectivity index (χ1v) is 9.73. The number of carbonyl (C=O) groups excluding carboxylic acids is 1. The second-order valence-corrected chi connectivity index (χ2v) is 8.40. The molecule has 1 fully saturated rings. The highest BCUT2D eigenvalue weighted by atomic mass is 16.3. The number of nitrogens with zero attached hydrogens (tertiary/aromatic N) is 3.